The van der Waals surface area contributed by atoms with Crippen LogP contribution in [0.5, 0.6) is 5.75 Å². The first kappa shape index (κ1) is 30.1. The summed E-state index contributed by atoms with van der Waals surface area (Å²) in [5.74, 6) is -0.0771. The molecule has 0 saturated carbocycles. The van der Waals surface area contributed by atoms with Crippen molar-refractivity contribution in [2.45, 2.75) is 9.50 Å². The maximum Gasteiger partial charge on any atom is 0.296 e. The van der Waals surface area contributed by atoms with Gasteiger partial charge >= 0.3 is 0 Å². The fraction of sp³-hybridized carbons (Fsp3) is 0.0968. The van der Waals surface area contributed by atoms with Gasteiger partial charge in [0.05, 0.1) is 50.9 Å². The van der Waals surface area contributed by atoms with E-state index in [-0.39, 0.29) is 28.8 Å². The van der Waals surface area contributed by atoms with Gasteiger partial charge in [-0.05, 0) is 54.6 Å². The number of anilines is 2. The molecule has 2 aromatic heterocycles. The standard InChI is InChI=1S/C31H24N6O5S3/c1-42-21-12-14-23(26(16-21)37(40)41)33-29(39)18-44-31-35-24-13-11-19(15-27(24)45-31)32-28(38)17-43-30-34-22-9-5-6-10-25(22)36(30)20-7-3-2-4-8-20/h2-16H,17-18H2,1H3,(H,32,38)(H,33,39). The summed E-state index contributed by atoms with van der Waals surface area (Å²) in [6, 6.07) is 27.5. The number of fused-ring (bicyclic) bond motifs is 2. The van der Waals surface area contributed by atoms with Gasteiger partial charge in [0, 0.05) is 11.4 Å². The Labute approximate surface area is 269 Å². The number of nitrogens with one attached hydrogen (secondary N) is 2. The molecule has 0 fully saturated rings. The molecule has 14 heteroatoms. The number of rotatable bonds is 11. The quantitative estimate of drug-likeness (QED) is 0.0855. The summed E-state index contributed by atoms with van der Waals surface area (Å²) in [5, 5.41) is 17.7. The molecule has 0 atom stereocenters. The van der Waals surface area contributed by atoms with Gasteiger partial charge in [0.1, 0.15) is 11.4 Å². The molecule has 45 heavy (non-hydrogen) atoms. The zero-order valence-electron chi connectivity index (χ0n) is 23.6. The first-order chi connectivity index (χ1) is 21.9. The minimum absolute atomic E-state index is 0.0115. The van der Waals surface area contributed by atoms with E-state index in [0.29, 0.717) is 15.8 Å². The highest BCUT2D eigenvalue weighted by Gasteiger charge is 2.18. The van der Waals surface area contributed by atoms with Crippen molar-refractivity contribution in [2.75, 3.05) is 29.2 Å². The SMILES string of the molecule is COc1ccc(NC(=O)CSc2nc3ccc(NC(=O)CSc4nc5ccccc5n4-c4ccccc4)cc3s2)c([N+](=O)[O-])c1. The number of para-hydroxylation sites is 3. The number of amides is 2. The van der Waals surface area contributed by atoms with Crippen molar-refractivity contribution in [3.63, 3.8) is 0 Å². The molecule has 0 aliphatic heterocycles. The number of benzene rings is 4. The van der Waals surface area contributed by atoms with E-state index in [1.165, 1.54) is 54.1 Å². The van der Waals surface area contributed by atoms with E-state index in [1.54, 1.807) is 12.1 Å². The molecule has 0 saturated heterocycles. The third kappa shape index (κ3) is 6.93. The Bertz CT molecular complexity index is 2050. The second-order valence-corrected chi connectivity index (χ2v) is 12.7. The molecule has 2 heterocycles. The number of nitro benzene ring substituents is 1. The van der Waals surface area contributed by atoms with Gasteiger partial charge < -0.3 is 15.4 Å². The van der Waals surface area contributed by atoms with Crippen molar-refractivity contribution in [1.29, 1.82) is 0 Å². The van der Waals surface area contributed by atoms with Gasteiger partial charge in [0.25, 0.3) is 5.69 Å². The second-order valence-electron chi connectivity index (χ2n) is 9.53. The summed E-state index contributed by atoms with van der Waals surface area (Å²) >= 11 is 3.97. The topological polar surface area (TPSA) is 141 Å². The fourth-order valence-electron chi connectivity index (χ4n) is 4.51. The van der Waals surface area contributed by atoms with Gasteiger partial charge in [-0.2, -0.15) is 0 Å². The molecule has 2 N–H and O–H groups in total. The lowest BCUT2D eigenvalue weighted by atomic mass is 10.2. The molecule has 0 unspecified atom stereocenters. The Morgan fingerprint density at radius 2 is 1.64 bits per heavy atom. The summed E-state index contributed by atoms with van der Waals surface area (Å²) < 4.78 is 8.59. The number of thiazole rings is 1. The molecule has 226 valence electrons. The summed E-state index contributed by atoms with van der Waals surface area (Å²) in [4.78, 5) is 45.6. The Kier molecular flexibility index (Phi) is 8.96. The van der Waals surface area contributed by atoms with E-state index in [2.05, 4.69) is 15.6 Å². The van der Waals surface area contributed by atoms with E-state index in [1.807, 2.05) is 71.3 Å². The van der Waals surface area contributed by atoms with Gasteiger partial charge in [-0.3, -0.25) is 24.3 Å². The first-order valence-electron chi connectivity index (χ1n) is 13.5. The number of carbonyl (C=O) groups is 2. The van der Waals surface area contributed by atoms with Crippen LogP contribution < -0.4 is 15.4 Å². The molecular weight excluding hydrogens is 633 g/mol. The Balaban J connectivity index is 1.08. The molecular formula is C31H24N6O5S3. The predicted molar refractivity (Wildman–Crippen MR) is 179 cm³/mol. The number of aromatic nitrogens is 3. The van der Waals surface area contributed by atoms with Crippen LogP contribution in [-0.4, -0.2) is 49.9 Å². The van der Waals surface area contributed by atoms with Gasteiger partial charge in [-0.15, -0.1) is 11.3 Å². The minimum atomic E-state index is -0.574. The third-order valence-corrected chi connectivity index (χ3v) is 9.63. The van der Waals surface area contributed by atoms with Crippen LogP contribution in [0.1, 0.15) is 0 Å². The second kappa shape index (κ2) is 13.4. The number of methoxy groups -OCH3 is 1. The van der Waals surface area contributed by atoms with Gasteiger partial charge in [0.2, 0.25) is 11.8 Å². The fourth-order valence-corrected chi connectivity index (χ4v) is 7.24. The van der Waals surface area contributed by atoms with Gasteiger partial charge in [-0.25, -0.2) is 9.97 Å². The average molecular weight is 657 g/mol. The van der Waals surface area contributed by atoms with Gasteiger partial charge in [0.15, 0.2) is 9.50 Å². The van der Waals surface area contributed by atoms with E-state index in [9.17, 15) is 19.7 Å². The van der Waals surface area contributed by atoms with E-state index < -0.39 is 10.8 Å². The van der Waals surface area contributed by atoms with E-state index >= 15 is 0 Å². The first-order valence-corrected chi connectivity index (χ1v) is 16.3. The molecule has 0 aliphatic carbocycles. The highest BCUT2D eigenvalue weighted by atomic mass is 32.2. The number of ether oxygens (including phenoxy) is 1. The predicted octanol–water partition coefficient (Wildman–Crippen LogP) is 7.01. The minimum Gasteiger partial charge on any atom is -0.496 e. The van der Waals surface area contributed by atoms with Crippen molar-refractivity contribution in [3.8, 4) is 11.4 Å². The summed E-state index contributed by atoms with van der Waals surface area (Å²) in [5.41, 5.74) is 4.00. The molecule has 6 aromatic rings. The van der Waals surface area contributed by atoms with Crippen molar-refractivity contribution >= 4 is 85.0 Å². The van der Waals surface area contributed by atoms with Crippen molar-refractivity contribution in [2.24, 2.45) is 0 Å². The number of thioether (sulfide) groups is 2. The molecule has 0 bridgehead atoms. The van der Waals surface area contributed by atoms with Crippen molar-refractivity contribution < 1.29 is 19.2 Å². The van der Waals surface area contributed by atoms with Crippen LogP contribution in [0.4, 0.5) is 17.1 Å². The van der Waals surface area contributed by atoms with Crippen LogP contribution >= 0.6 is 34.9 Å². The van der Waals surface area contributed by atoms with Gasteiger partial charge in [-0.1, -0.05) is 53.9 Å². The number of carbonyl (C=O) groups excluding carboxylic acids is 2. The molecule has 0 radical (unpaired) electrons. The lowest BCUT2D eigenvalue weighted by Gasteiger charge is -2.09. The van der Waals surface area contributed by atoms with Crippen LogP contribution in [0.3, 0.4) is 0 Å². The molecule has 4 aromatic carbocycles. The summed E-state index contributed by atoms with van der Waals surface area (Å²) in [6.07, 6.45) is 0. The van der Waals surface area contributed by atoms with Crippen molar-refractivity contribution in [1.82, 2.24) is 14.5 Å². The number of imidazole rings is 1. The van der Waals surface area contributed by atoms with Crippen molar-refractivity contribution in [3.05, 3.63) is 101 Å². The molecule has 0 aliphatic rings. The smallest absolute Gasteiger partial charge is 0.296 e. The van der Waals surface area contributed by atoms with Crippen LogP contribution in [0.15, 0.2) is 100 Å². The molecule has 2 amide bonds. The van der Waals surface area contributed by atoms with E-state index in [4.69, 9.17) is 9.72 Å². The van der Waals surface area contributed by atoms with Crippen LogP contribution in [0.2, 0.25) is 0 Å². The largest absolute Gasteiger partial charge is 0.496 e. The number of nitrogens with zero attached hydrogens (tertiary/aromatic N) is 4. The third-order valence-electron chi connectivity index (χ3n) is 6.53. The molecule has 11 nitrogen and oxygen atoms in total. The molecule has 6 rings (SSSR count). The Hall–Kier alpha value is -4.92. The van der Waals surface area contributed by atoms with Crippen LogP contribution in [0.25, 0.3) is 26.9 Å². The highest BCUT2D eigenvalue weighted by molar-refractivity contribution is 8.01. The lowest BCUT2D eigenvalue weighted by molar-refractivity contribution is -0.384. The lowest BCUT2D eigenvalue weighted by Crippen LogP contribution is -2.15. The average Bonchev–Trinajstić information content (AvgIpc) is 3.64. The summed E-state index contributed by atoms with van der Waals surface area (Å²) in [6.45, 7) is 0. The normalized spacial score (nSPS) is 11.0. The maximum atomic E-state index is 12.9. The molecule has 0 spiro atoms. The zero-order chi connectivity index (χ0) is 31.3. The van der Waals surface area contributed by atoms with Crippen LogP contribution in [0, 0.1) is 10.1 Å². The summed E-state index contributed by atoms with van der Waals surface area (Å²) in [7, 11) is 1.41. The Morgan fingerprint density at radius 1 is 0.889 bits per heavy atom. The number of hydrogen-bond acceptors (Lipinski definition) is 10. The number of nitro groups is 1. The maximum absolute atomic E-state index is 12.9. The monoisotopic (exact) mass is 656 g/mol. The highest BCUT2D eigenvalue weighted by Crippen LogP contribution is 2.33. The Morgan fingerprint density at radius 3 is 2.44 bits per heavy atom. The zero-order valence-corrected chi connectivity index (χ0v) is 26.1. The number of hydrogen-bond donors (Lipinski definition) is 2. The van der Waals surface area contributed by atoms with E-state index in [0.717, 1.165) is 32.1 Å². The van der Waals surface area contributed by atoms with Crippen LogP contribution in [-0.2, 0) is 9.59 Å².